The number of pyridine rings is 1. The highest BCUT2D eigenvalue weighted by atomic mass is 16.3. The minimum atomic E-state index is -0.560. The van der Waals surface area contributed by atoms with Gasteiger partial charge in [0.15, 0.2) is 5.76 Å². The number of carbonyl (C=O) groups is 2. The average Bonchev–Trinajstić information content (AvgIpc) is 3.08. The van der Waals surface area contributed by atoms with Gasteiger partial charge in [-0.05, 0) is 37.1 Å². The summed E-state index contributed by atoms with van der Waals surface area (Å²) in [5, 5.41) is 3.66. The third kappa shape index (κ3) is 2.98. The molecule has 1 fully saturated rings. The number of piperidine rings is 1. The lowest BCUT2D eigenvalue weighted by Crippen LogP contribution is -2.52. The van der Waals surface area contributed by atoms with Crippen LogP contribution in [0.25, 0.3) is 11.0 Å². The first-order valence-electron chi connectivity index (χ1n) is 8.23. The lowest BCUT2D eigenvalue weighted by atomic mass is 10.0. The van der Waals surface area contributed by atoms with E-state index in [0.717, 1.165) is 17.5 Å². The van der Waals surface area contributed by atoms with E-state index in [1.54, 1.807) is 29.4 Å². The van der Waals surface area contributed by atoms with E-state index in [9.17, 15) is 9.59 Å². The molecule has 0 radical (unpaired) electrons. The van der Waals surface area contributed by atoms with Crippen LogP contribution in [0.15, 0.2) is 59.3 Å². The molecule has 0 aliphatic carbocycles. The molecule has 1 aliphatic rings. The number of rotatable bonds is 3. The standard InChI is InChI=1S/C19H17N3O3/c23-18(17-11-13-5-1-2-8-16(13)25-17)21-15-7-4-10-22(19(15)24)14-6-3-9-20-12-14/h1-3,5-6,8-9,11-12,15H,4,7,10H2,(H,21,23). The summed E-state index contributed by atoms with van der Waals surface area (Å²) in [5.74, 6) is -0.279. The molecule has 6 nitrogen and oxygen atoms in total. The summed E-state index contributed by atoms with van der Waals surface area (Å²) in [5.41, 5.74) is 1.40. The third-order valence-electron chi connectivity index (χ3n) is 4.35. The Balaban J connectivity index is 1.51. The zero-order chi connectivity index (χ0) is 17.2. The molecule has 2 amide bonds. The van der Waals surface area contributed by atoms with Gasteiger partial charge in [-0.25, -0.2) is 0 Å². The van der Waals surface area contributed by atoms with Gasteiger partial charge in [-0.3, -0.25) is 14.6 Å². The minimum absolute atomic E-state index is 0.122. The predicted molar refractivity (Wildman–Crippen MR) is 93.3 cm³/mol. The van der Waals surface area contributed by atoms with E-state index in [1.165, 1.54) is 0 Å². The molecule has 1 N–H and O–H groups in total. The Morgan fingerprint density at radius 1 is 1.24 bits per heavy atom. The Morgan fingerprint density at radius 2 is 2.12 bits per heavy atom. The van der Waals surface area contributed by atoms with Crippen molar-refractivity contribution in [1.29, 1.82) is 0 Å². The third-order valence-corrected chi connectivity index (χ3v) is 4.35. The summed E-state index contributed by atoms with van der Waals surface area (Å²) in [4.78, 5) is 30.9. The number of fused-ring (bicyclic) bond motifs is 1. The molecule has 3 aromatic rings. The minimum Gasteiger partial charge on any atom is -0.451 e. The van der Waals surface area contributed by atoms with Crippen molar-refractivity contribution in [2.75, 3.05) is 11.4 Å². The van der Waals surface area contributed by atoms with E-state index in [2.05, 4.69) is 10.3 Å². The topological polar surface area (TPSA) is 75.4 Å². The fourth-order valence-electron chi connectivity index (χ4n) is 3.10. The summed E-state index contributed by atoms with van der Waals surface area (Å²) in [7, 11) is 0. The molecule has 1 aromatic carbocycles. The highest BCUT2D eigenvalue weighted by molar-refractivity contribution is 6.03. The number of nitrogens with zero attached hydrogens (tertiary/aromatic N) is 2. The molecule has 2 aromatic heterocycles. The highest BCUT2D eigenvalue weighted by Gasteiger charge is 2.31. The van der Waals surface area contributed by atoms with Gasteiger partial charge in [0, 0.05) is 18.1 Å². The summed E-state index contributed by atoms with van der Waals surface area (Å²) < 4.78 is 5.57. The maximum absolute atomic E-state index is 12.7. The summed E-state index contributed by atoms with van der Waals surface area (Å²) in [6, 6.07) is 12.2. The van der Waals surface area contributed by atoms with Gasteiger partial charge >= 0.3 is 0 Å². The maximum atomic E-state index is 12.7. The van der Waals surface area contributed by atoms with Crippen molar-refractivity contribution in [2.45, 2.75) is 18.9 Å². The smallest absolute Gasteiger partial charge is 0.287 e. The molecule has 0 saturated carbocycles. The molecule has 1 unspecified atom stereocenters. The molecule has 0 bridgehead atoms. The monoisotopic (exact) mass is 335 g/mol. The van der Waals surface area contributed by atoms with Crippen LogP contribution in [0.4, 0.5) is 5.69 Å². The molecule has 1 atom stereocenters. The van der Waals surface area contributed by atoms with Crippen LogP contribution in [0.3, 0.4) is 0 Å². The second-order valence-electron chi connectivity index (χ2n) is 6.02. The first kappa shape index (κ1) is 15.4. The van der Waals surface area contributed by atoms with Crippen molar-refractivity contribution in [3.05, 3.63) is 60.6 Å². The van der Waals surface area contributed by atoms with Crippen LogP contribution in [0.5, 0.6) is 0 Å². The quantitative estimate of drug-likeness (QED) is 0.798. The average molecular weight is 335 g/mol. The number of aromatic nitrogens is 1. The number of benzene rings is 1. The number of hydrogen-bond acceptors (Lipinski definition) is 4. The lowest BCUT2D eigenvalue weighted by molar-refractivity contribution is -0.121. The molecule has 0 spiro atoms. The van der Waals surface area contributed by atoms with Crippen molar-refractivity contribution in [1.82, 2.24) is 10.3 Å². The number of nitrogens with one attached hydrogen (secondary N) is 1. The van der Waals surface area contributed by atoms with E-state index in [1.807, 2.05) is 30.3 Å². The van der Waals surface area contributed by atoms with Crippen molar-refractivity contribution < 1.29 is 14.0 Å². The normalized spacial score (nSPS) is 17.7. The van der Waals surface area contributed by atoms with Gasteiger partial charge in [0.1, 0.15) is 11.6 Å². The van der Waals surface area contributed by atoms with Crippen molar-refractivity contribution in [2.24, 2.45) is 0 Å². The van der Waals surface area contributed by atoms with Gasteiger partial charge < -0.3 is 14.6 Å². The van der Waals surface area contributed by atoms with E-state index in [4.69, 9.17) is 4.42 Å². The second-order valence-corrected chi connectivity index (χ2v) is 6.02. The Hall–Kier alpha value is -3.15. The maximum Gasteiger partial charge on any atom is 0.287 e. The molecule has 3 heterocycles. The lowest BCUT2D eigenvalue weighted by Gasteiger charge is -2.32. The molecule has 6 heteroatoms. The van der Waals surface area contributed by atoms with Crippen LogP contribution in [-0.4, -0.2) is 29.4 Å². The molecule has 1 aliphatic heterocycles. The van der Waals surface area contributed by atoms with E-state index < -0.39 is 6.04 Å². The fraction of sp³-hybridized carbons (Fsp3) is 0.211. The number of para-hydroxylation sites is 1. The van der Waals surface area contributed by atoms with Crippen LogP contribution in [0.2, 0.25) is 0 Å². The van der Waals surface area contributed by atoms with Crippen LogP contribution in [-0.2, 0) is 4.79 Å². The number of furan rings is 1. The van der Waals surface area contributed by atoms with E-state index in [-0.39, 0.29) is 17.6 Å². The van der Waals surface area contributed by atoms with Gasteiger partial charge in [-0.1, -0.05) is 18.2 Å². The van der Waals surface area contributed by atoms with Gasteiger partial charge in [-0.15, -0.1) is 0 Å². The van der Waals surface area contributed by atoms with E-state index in [0.29, 0.717) is 18.5 Å². The Bertz CT molecular complexity index is 887. The van der Waals surface area contributed by atoms with Crippen LogP contribution < -0.4 is 10.2 Å². The number of carbonyl (C=O) groups excluding carboxylic acids is 2. The van der Waals surface area contributed by atoms with E-state index >= 15 is 0 Å². The SMILES string of the molecule is O=C(NC1CCCN(c2cccnc2)C1=O)c1cc2ccccc2o1. The molecular weight excluding hydrogens is 318 g/mol. The van der Waals surface area contributed by atoms with Gasteiger partial charge in [-0.2, -0.15) is 0 Å². The Labute approximate surface area is 144 Å². The molecular formula is C19H17N3O3. The second kappa shape index (κ2) is 6.39. The molecule has 4 rings (SSSR count). The van der Waals surface area contributed by atoms with Crippen molar-refractivity contribution in [3.63, 3.8) is 0 Å². The highest BCUT2D eigenvalue weighted by Crippen LogP contribution is 2.22. The van der Waals surface area contributed by atoms with Crippen molar-refractivity contribution in [3.8, 4) is 0 Å². The van der Waals surface area contributed by atoms with Crippen LogP contribution in [0, 0.1) is 0 Å². The van der Waals surface area contributed by atoms with Gasteiger partial charge in [0.25, 0.3) is 5.91 Å². The van der Waals surface area contributed by atoms with Gasteiger partial charge in [0.05, 0.1) is 11.9 Å². The first-order chi connectivity index (χ1) is 12.2. The summed E-state index contributed by atoms with van der Waals surface area (Å²) >= 11 is 0. The number of anilines is 1. The molecule has 1 saturated heterocycles. The molecule has 126 valence electrons. The molecule has 25 heavy (non-hydrogen) atoms. The fourth-order valence-corrected chi connectivity index (χ4v) is 3.10. The Morgan fingerprint density at radius 3 is 2.92 bits per heavy atom. The van der Waals surface area contributed by atoms with Gasteiger partial charge in [0.2, 0.25) is 5.91 Å². The zero-order valence-electron chi connectivity index (χ0n) is 13.5. The van der Waals surface area contributed by atoms with Crippen LogP contribution >= 0.6 is 0 Å². The number of amides is 2. The predicted octanol–water partition coefficient (Wildman–Crippen LogP) is 2.75. The van der Waals surface area contributed by atoms with Crippen LogP contribution in [0.1, 0.15) is 23.4 Å². The largest absolute Gasteiger partial charge is 0.451 e. The van der Waals surface area contributed by atoms with Crippen molar-refractivity contribution >= 4 is 28.5 Å². The Kier molecular flexibility index (Phi) is 3.93. The summed E-state index contributed by atoms with van der Waals surface area (Å²) in [6.07, 6.45) is 4.74. The number of hydrogen-bond donors (Lipinski definition) is 1. The summed E-state index contributed by atoms with van der Waals surface area (Å²) in [6.45, 7) is 0.627. The zero-order valence-corrected chi connectivity index (χ0v) is 13.5. The first-order valence-corrected chi connectivity index (χ1v) is 8.23.